The van der Waals surface area contributed by atoms with Gasteiger partial charge in [0.25, 0.3) is 0 Å². The van der Waals surface area contributed by atoms with Gasteiger partial charge in [0, 0.05) is 24.5 Å². The first-order valence-corrected chi connectivity index (χ1v) is 9.15. The summed E-state index contributed by atoms with van der Waals surface area (Å²) in [6, 6.07) is 14.4. The van der Waals surface area contributed by atoms with Crippen LogP contribution in [-0.2, 0) is 26.9 Å². The Labute approximate surface area is 166 Å². The van der Waals surface area contributed by atoms with Gasteiger partial charge in [-0.3, -0.25) is 4.79 Å². The topological polar surface area (TPSA) is 55.4 Å². The Balaban J connectivity index is 1.86. The molecule has 0 saturated heterocycles. The molecule has 152 valence electrons. The molecule has 0 aliphatic carbocycles. The lowest BCUT2D eigenvalue weighted by atomic mass is 9.82. The fraction of sp³-hybridized carbons (Fsp3) is 0.273. The third-order valence-electron chi connectivity index (χ3n) is 4.80. The molecule has 0 aromatic heterocycles. The third-order valence-corrected chi connectivity index (χ3v) is 4.80. The number of nitrogens with one attached hydrogen (secondary N) is 1. The largest absolute Gasteiger partial charge is 0.462 e. The van der Waals surface area contributed by atoms with Gasteiger partial charge < -0.3 is 10.1 Å². The Kier molecular flexibility index (Phi) is 6.06. The Bertz CT molecular complexity index is 936. The molecule has 0 radical (unpaired) electrons. The Hall–Kier alpha value is -3.09. The van der Waals surface area contributed by atoms with E-state index >= 15 is 0 Å². The lowest BCUT2D eigenvalue weighted by Crippen LogP contribution is -2.35. The van der Waals surface area contributed by atoms with E-state index in [0.717, 1.165) is 11.6 Å². The normalized spacial score (nSPS) is 17.1. The average molecular weight is 403 g/mol. The quantitative estimate of drug-likeness (QED) is 0.755. The second-order valence-electron chi connectivity index (χ2n) is 6.80. The summed E-state index contributed by atoms with van der Waals surface area (Å²) in [5.41, 5.74) is 0.274. The monoisotopic (exact) mass is 403 g/mol. The highest BCUT2D eigenvalue weighted by atomic mass is 19.4. The highest BCUT2D eigenvalue weighted by Crippen LogP contribution is 2.41. The van der Waals surface area contributed by atoms with Crippen LogP contribution in [0.15, 0.2) is 65.9 Å². The number of hydrogen-bond acceptors (Lipinski definition) is 3. The summed E-state index contributed by atoms with van der Waals surface area (Å²) >= 11 is 0. The van der Waals surface area contributed by atoms with Crippen molar-refractivity contribution in [1.29, 1.82) is 0 Å². The molecule has 0 unspecified atom stereocenters. The molecule has 2 aromatic carbocycles. The van der Waals surface area contributed by atoms with E-state index in [0.29, 0.717) is 6.42 Å². The highest BCUT2D eigenvalue weighted by Gasteiger charge is 2.39. The van der Waals surface area contributed by atoms with Crippen LogP contribution in [0.4, 0.5) is 13.2 Å². The van der Waals surface area contributed by atoms with Gasteiger partial charge in [0.2, 0.25) is 5.91 Å². The van der Waals surface area contributed by atoms with Crippen LogP contribution in [-0.4, -0.2) is 18.5 Å². The maximum atomic E-state index is 13.5. The number of allylic oxidation sites excluding steroid dienone is 1. The average Bonchev–Trinajstić information content (AvgIpc) is 2.67. The van der Waals surface area contributed by atoms with Crippen molar-refractivity contribution >= 4 is 11.9 Å². The SMILES string of the molecule is CC1=C(C(=O)OCCc2ccccc2)[C@@H](c2ccccc2C(F)(F)F)CC(=O)N1. The van der Waals surface area contributed by atoms with Gasteiger partial charge in [-0.1, -0.05) is 48.5 Å². The van der Waals surface area contributed by atoms with Crippen molar-refractivity contribution in [2.45, 2.75) is 31.9 Å². The van der Waals surface area contributed by atoms with Crippen molar-refractivity contribution in [1.82, 2.24) is 5.32 Å². The number of carbonyl (C=O) groups is 2. The molecule has 2 aromatic rings. The minimum Gasteiger partial charge on any atom is -0.462 e. The fourth-order valence-corrected chi connectivity index (χ4v) is 3.48. The van der Waals surface area contributed by atoms with E-state index in [2.05, 4.69) is 5.32 Å². The summed E-state index contributed by atoms with van der Waals surface area (Å²) in [4.78, 5) is 24.7. The van der Waals surface area contributed by atoms with Gasteiger partial charge in [0.1, 0.15) is 0 Å². The maximum absolute atomic E-state index is 13.5. The van der Waals surface area contributed by atoms with Crippen molar-refractivity contribution < 1.29 is 27.5 Å². The second-order valence-corrected chi connectivity index (χ2v) is 6.80. The van der Waals surface area contributed by atoms with Crippen LogP contribution in [0, 0.1) is 0 Å². The van der Waals surface area contributed by atoms with Gasteiger partial charge in [-0.15, -0.1) is 0 Å². The van der Waals surface area contributed by atoms with E-state index in [9.17, 15) is 22.8 Å². The molecule has 29 heavy (non-hydrogen) atoms. The number of benzene rings is 2. The van der Waals surface area contributed by atoms with Crippen molar-refractivity contribution in [2.75, 3.05) is 6.61 Å². The second kappa shape index (κ2) is 8.51. The number of carbonyl (C=O) groups excluding carboxylic acids is 2. The van der Waals surface area contributed by atoms with Crippen molar-refractivity contribution in [3.63, 3.8) is 0 Å². The van der Waals surface area contributed by atoms with Crippen LogP contribution in [0.1, 0.15) is 36.0 Å². The molecular formula is C22H20F3NO3. The molecule has 3 rings (SSSR count). The fourth-order valence-electron chi connectivity index (χ4n) is 3.48. The number of ether oxygens (including phenoxy) is 1. The zero-order valence-electron chi connectivity index (χ0n) is 15.8. The Morgan fingerprint density at radius 2 is 1.76 bits per heavy atom. The first-order valence-electron chi connectivity index (χ1n) is 9.15. The number of alkyl halides is 3. The molecule has 0 bridgehead atoms. The Morgan fingerprint density at radius 3 is 2.45 bits per heavy atom. The van der Waals surface area contributed by atoms with Gasteiger partial charge in [0.15, 0.2) is 0 Å². The smallest absolute Gasteiger partial charge is 0.416 e. The standard InChI is InChI=1S/C22H20F3NO3/c1-14-20(21(28)29-12-11-15-7-3-2-4-8-15)17(13-19(27)26-14)16-9-5-6-10-18(16)22(23,24)25/h2-10,17H,11-13H2,1H3,(H,26,27)/t17-/m1/s1. The first kappa shape index (κ1) is 20.6. The van der Waals surface area contributed by atoms with Crippen LogP contribution in [0.5, 0.6) is 0 Å². The number of halogens is 3. The lowest BCUT2D eigenvalue weighted by molar-refractivity contribution is -0.141. The number of hydrogen-bond donors (Lipinski definition) is 1. The molecule has 1 heterocycles. The summed E-state index contributed by atoms with van der Waals surface area (Å²) in [6.07, 6.45) is -4.37. The molecule has 1 aliphatic rings. The molecule has 1 amide bonds. The zero-order chi connectivity index (χ0) is 21.0. The zero-order valence-corrected chi connectivity index (χ0v) is 15.8. The molecule has 0 fully saturated rings. The summed E-state index contributed by atoms with van der Waals surface area (Å²) in [7, 11) is 0. The molecule has 0 spiro atoms. The number of esters is 1. The van der Waals surface area contributed by atoms with E-state index in [-0.39, 0.29) is 29.9 Å². The van der Waals surface area contributed by atoms with Crippen LogP contribution in [0.3, 0.4) is 0 Å². The summed E-state index contributed by atoms with van der Waals surface area (Å²) in [5.74, 6) is -2.18. The van der Waals surface area contributed by atoms with E-state index in [1.165, 1.54) is 25.1 Å². The minimum atomic E-state index is -4.60. The minimum absolute atomic E-state index is 0.0503. The molecular weight excluding hydrogens is 383 g/mol. The van der Waals surface area contributed by atoms with E-state index < -0.39 is 29.5 Å². The predicted octanol–water partition coefficient (Wildman–Crippen LogP) is 4.37. The van der Waals surface area contributed by atoms with Gasteiger partial charge >= 0.3 is 12.1 Å². The van der Waals surface area contributed by atoms with E-state index in [1.807, 2.05) is 30.3 Å². The highest BCUT2D eigenvalue weighted by molar-refractivity contribution is 5.96. The molecule has 1 N–H and O–H groups in total. The van der Waals surface area contributed by atoms with Gasteiger partial charge in [-0.25, -0.2) is 4.79 Å². The van der Waals surface area contributed by atoms with Crippen molar-refractivity contribution in [3.05, 3.63) is 82.6 Å². The van der Waals surface area contributed by atoms with E-state index in [4.69, 9.17) is 4.74 Å². The molecule has 7 heteroatoms. The summed E-state index contributed by atoms with van der Waals surface area (Å²) < 4.78 is 45.8. The summed E-state index contributed by atoms with van der Waals surface area (Å²) in [5, 5.41) is 2.53. The van der Waals surface area contributed by atoms with Crippen LogP contribution in [0.2, 0.25) is 0 Å². The Morgan fingerprint density at radius 1 is 1.10 bits per heavy atom. The summed E-state index contributed by atoms with van der Waals surface area (Å²) in [6.45, 7) is 1.58. The first-order chi connectivity index (χ1) is 13.8. The van der Waals surface area contributed by atoms with Crippen LogP contribution >= 0.6 is 0 Å². The lowest BCUT2D eigenvalue weighted by Gasteiger charge is -2.28. The molecule has 1 aliphatic heterocycles. The van der Waals surface area contributed by atoms with Crippen LogP contribution in [0.25, 0.3) is 0 Å². The maximum Gasteiger partial charge on any atom is 0.416 e. The number of rotatable bonds is 5. The van der Waals surface area contributed by atoms with Gasteiger partial charge in [0.05, 0.1) is 17.7 Å². The van der Waals surface area contributed by atoms with E-state index in [1.54, 1.807) is 0 Å². The van der Waals surface area contributed by atoms with Gasteiger partial charge in [-0.05, 0) is 24.1 Å². The van der Waals surface area contributed by atoms with Crippen molar-refractivity contribution in [3.8, 4) is 0 Å². The molecule has 1 atom stereocenters. The molecule has 0 saturated carbocycles. The third kappa shape index (κ3) is 4.85. The number of amides is 1. The molecule has 4 nitrogen and oxygen atoms in total. The van der Waals surface area contributed by atoms with Gasteiger partial charge in [-0.2, -0.15) is 13.2 Å². The van der Waals surface area contributed by atoms with Crippen molar-refractivity contribution in [2.24, 2.45) is 0 Å². The van der Waals surface area contributed by atoms with Crippen LogP contribution < -0.4 is 5.32 Å². The predicted molar refractivity (Wildman–Crippen MR) is 101 cm³/mol.